The van der Waals surface area contributed by atoms with Crippen LogP contribution in [-0.2, 0) is 14.8 Å². The van der Waals surface area contributed by atoms with Gasteiger partial charge in [-0.15, -0.1) is 4.40 Å². The molecule has 8 heteroatoms. The van der Waals surface area contributed by atoms with E-state index in [0.29, 0.717) is 27.5 Å². The van der Waals surface area contributed by atoms with Crippen LogP contribution in [0.4, 0.5) is 11.4 Å². The first-order valence-corrected chi connectivity index (χ1v) is 9.55. The normalized spacial score (nSPS) is 15.6. The van der Waals surface area contributed by atoms with E-state index in [2.05, 4.69) is 15.0 Å². The molecule has 0 atom stereocenters. The molecule has 26 heavy (non-hydrogen) atoms. The van der Waals surface area contributed by atoms with E-state index in [1.54, 1.807) is 55.5 Å². The Morgan fingerprint density at radius 3 is 2.15 bits per heavy atom. The van der Waals surface area contributed by atoms with E-state index in [-0.39, 0.29) is 16.6 Å². The van der Waals surface area contributed by atoms with E-state index in [1.807, 2.05) is 0 Å². The highest BCUT2D eigenvalue weighted by atomic mass is 35.5. The van der Waals surface area contributed by atoms with Gasteiger partial charge in [-0.1, -0.05) is 23.7 Å². The number of carbonyl (C=O) groups excluding carboxylic acids is 1. The molecule has 6 nitrogen and oxygen atoms in total. The van der Waals surface area contributed by atoms with E-state index in [9.17, 15) is 13.2 Å². The van der Waals surface area contributed by atoms with Gasteiger partial charge in [0.05, 0.1) is 0 Å². The molecule has 0 spiro atoms. The number of halogens is 1. The lowest BCUT2D eigenvalue weighted by molar-refractivity contribution is -0.114. The molecule has 2 aromatic rings. The van der Waals surface area contributed by atoms with Gasteiger partial charge in [0.1, 0.15) is 10.7 Å². The van der Waals surface area contributed by atoms with Crippen molar-refractivity contribution in [3.05, 3.63) is 64.7 Å². The van der Waals surface area contributed by atoms with Crippen molar-refractivity contribution in [2.75, 3.05) is 10.6 Å². The number of hydrogen-bond donors (Lipinski definition) is 2. The van der Waals surface area contributed by atoms with Gasteiger partial charge in [0.25, 0.3) is 10.0 Å². The Bertz CT molecular complexity index is 1020. The van der Waals surface area contributed by atoms with Crippen molar-refractivity contribution in [3.63, 3.8) is 0 Å². The third-order valence-corrected chi connectivity index (χ3v) is 5.47. The van der Waals surface area contributed by atoms with Gasteiger partial charge >= 0.3 is 0 Å². The SMILES string of the molecule is CC(=O)Nc1ccc(NC2=NS(=O)(=O)C(c3ccc(Cl)cc3)=C2C)cc1. The Morgan fingerprint density at radius 1 is 1.00 bits per heavy atom. The number of sulfonamides is 1. The van der Waals surface area contributed by atoms with Crippen LogP contribution in [0.15, 0.2) is 58.5 Å². The quantitative estimate of drug-likeness (QED) is 0.833. The van der Waals surface area contributed by atoms with Gasteiger partial charge in [0.15, 0.2) is 0 Å². The molecule has 0 saturated carbocycles. The van der Waals surface area contributed by atoms with Crippen molar-refractivity contribution in [1.29, 1.82) is 0 Å². The van der Waals surface area contributed by atoms with Gasteiger partial charge in [0.2, 0.25) is 5.91 Å². The molecular weight excluding hydrogens is 374 g/mol. The third kappa shape index (κ3) is 3.79. The number of benzene rings is 2. The fourth-order valence-electron chi connectivity index (χ4n) is 2.60. The molecule has 0 unspecified atom stereocenters. The number of amides is 1. The lowest BCUT2D eigenvalue weighted by Crippen LogP contribution is -2.11. The van der Waals surface area contributed by atoms with Crippen LogP contribution >= 0.6 is 11.6 Å². The van der Waals surface area contributed by atoms with Crippen LogP contribution in [0.3, 0.4) is 0 Å². The zero-order valence-corrected chi connectivity index (χ0v) is 15.6. The maximum absolute atomic E-state index is 12.5. The van der Waals surface area contributed by atoms with Crippen molar-refractivity contribution < 1.29 is 13.2 Å². The van der Waals surface area contributed by atoms with Gasteiger partial charge in [-0.25, -0.2) is 0 Å². The molecule has 0 radical (unpaired) electrons. The summed E-state index contributed by atoms with van der Waals surface area (Å²) < 4.78 is 28.8. The van der Waals surface area contributed by atoms with Gasteiger partial charge in [-0.05, 0) is 48.9 Å². The van der Waals surface area contributed by atoms with Crippen molar-refractivity contribution >= 4 is 49.6 Å². The minimum atomic E-state index is -3.79. The zero-order chi connectivity index (χ0) is 18.9. The first-order chi connectivity index (χ1) is 12.3. The minimum Gasteiger partial charge on any atom is -0.339 e. The molecule has 0 aromatic heterocycles. The van der Waals surface area contributed by atoms with Crippen LogP contribution in [0.2, 0.25) is 5.02 Å². The molecule has 0 aliphatic carbocycles. The van der Waals surface area contributed by atoms with Crippen LogP contribution in [0.1, 0.15) is 19.4 Å². The van der Waals surface area contributed by atoms with Gasteiger partial charge in [-0.2, -0.15) is 8.42 Å². The molecule has 2 aromatic carbocycles. The Hall–Kier alpha value is -2.64. The molecule has 1 amide bonds. The van der Waals surface area contributed by atoms with Crippen molar-refractivity contribution in [2.45, 2.75) is 13.8 Å². The summed E-state index contributed by atoms with van der Waals surface area (Å²) in [5, 5.41) is 6.21. The highest BCUT2D eigenvalue weighted by Gasteiger charge is 2.31. The van der Waals surface area contributed by atoms with Crippen LogP contribution in [0.5, 0.6) is 0 Å². The summed E-state index contributed by atoms with van der Waals surface area (Å²) in [5.41, 5.74) is 2.37. The number of rotatable bonds is 3. The van der Waals surface area contributed by atoms with Crippen LogP contribution < -0.4 is 10.6 Å². The molecule has 0 bridgehead atoms. The number of carbonyl (C=O) groups is 1. The van der Waals surface area contributed by atoms with E-state index in [4.69, 9.17) is 11.6 Å². The monoisotopic (exact) mass is 389 g/mol. The van der Waals surface area contributed by atoms with E-state index in [1.165, 1.54) is 6.92 Å². The molecule has 1 aliphatic heterocycles. The topological polar surface area (TPSA) is 87.6 Å². The molecule has 1 heterocycles. The lowest BCUT2D eigenvalue weighted by Gasteiger charge is -2.08. The fourth-order valence-corrected chi connectivity index (χ4v) is 4.15. The molecule has 3 rings (SSSR count). The number of amidine groups is 1. The Labute approximate surface area is 156 Å². The van der Waals surface area contributed by atoms with Crippen LogP contribution in [0, 0.1) is 0 Å². The third-order valence-electron chi connectivity index (χ3n) is 3.74. The average Bonchev–Trinajstić information content (AvgIpc) is 2.79. The van der Waals surface area contributed by atoms with Crippen LogP contribution in [0.25, 0.3) is 4.91 Å². The number of hydrogen-bond acceptors (Lipinski definition) is 4. The minimum absolute atomic E-state index is 0.159. The summed E-state index contributed by atoms with van der Waals surface area (Å²) >= 11 is 5.87. The van der Waals surface area contributed by atoms with E-state index >= 15 is 0 Å². The largest absolute Gasteiger partial charge is 0.339 e. The maximum Gasteiger partial charge on any atom is 0.285 e. The first kappa shape index (κ1) is 18.2. The average molecular weight is 390 g/mol. The molecule has 0 saturated heterocycles. The predicted octanol–water partition coefficient (Wildman–Crippen LogP) is 3.88. The number of nitrogens with one attached hydrogen (secondary N) is 2. The molecule has 134 valence electrons. The maximum atomic E-state index is 12.5. The second-order valence-electron chi connectivity index (χ2n) is 5.76. The standard InChI is InChI=1S/C18H16ClN3O3S/c1-11-17(13-3-5-14(19)6-4-13)26(24,25)22-18(11)21-16-9-7-15(8-10-16)20-12(2)23/h3-10H,1-2H3,(H,20,23)(H,21,22). The Kier molecular flexibility index (Phi) is 4.84. The molecule has 0 fully saturated rings. The summed E-state index contributed by atoms with van der Waals surface area (Å²) in [4.78, 5) is 11.2. The Morgan fingerprint density at radius 2 is 1.58 bits per heavy atom. The number of nitrogens with zero attached hydrogens (tertiary/aromatic N) is 1. The fraction of sp³-hybridized carbons (Fsp3) is 0.111. The highest BCUT2D eigenvalue weighted by Crippen LogP contribution is 2.33. The highest BCUT2D eigenvalue weighted by molar-refractivity contribution is 8.00. The molecule has 2 N–H and O–H groups in total. The van der Waals surface area contributed by atoms with E-state index in [0.717, 1.165) is 0 Å². The summed E-state index contributed by atoms with van der Waals surface area (Å²) in [6.07, 6.45) is 0. The van der Waals surface area contributed by atoms with Gasteiger partial charge in [-0.3, -0.25) is 4.79 Å². The van der Waals surface area contributed by atoms with Crippen molar-refractivity contribution in [2.24, 2.45) is 4.40 Å². The lowest BCUT2D eigenvalue weighted by atomic mass is 10.1. The van der Waals surface area contributed by atoms with Crippen molar-refractivity contribution in [1.82, 2.24) is 0 Å². The first-order valence-electron chi connectivity index (χ1n) is 7.73. The second kappa shape index (κ2) is 6.93. The van der Waals surface area contributed by atoms with E-state index < -0.39 is 10.0 Å². The van der Waals surface area contributed by atoms with Crippen LogP contribution in [-0.4, -0.2) is 20.2 Å². The summed E-state index contributed by atoms with van der Waals surface area (Å²) in [5.74, 6) is 0.102. The van der Waals surface area contributed by atoms with Crippen molar-refractivity contribution in [3.8, 4) is 0 Å². The second-order valence-corrected chi connectivity index (χ2v) is 7.74. The van der Waals surface area contributed by atoms with Gasteiger partial charge in [0, 0.05) is 28.9 Å². The zero-order valence-electron chi connectivity index (χ0n) is 14.1. The summed E-state index contributed by atoms with van der Waals surface area (Å²) in [7, 11) is -3.79. The summed E-state index contributed by atoms with van der Waals surface area (Å²) in [6, 6.07) is 13.5. The molecular formula is C18H16ClN3O3S. The Balaban J connectivity index is 1.89. The number of anilines is 2. The molecule has 1 aliphatic rings. The summed E-state index contributed by atoms with van der Waals surface area (Å²) in [6.45, 7) is 3.13. The smallest absolute Gasteiger partial charge is 0.285 e. The van der Waals surface area contributed by atoms with Gasteiger partial charge < -0.3 is 10.6 Å². The predicted molar refractivity (Wildman–Crippen MR) is 105 cm³/mol.